The standard InChI is InChI=1S/C22H18N2O2/c1-16(26-21-10-6-5-9-19(21)15-23)22(25)24-20-13-11-18(12-14-20)17-7-3-2-4-8-17/h2-14,16H,1H3,(H,24,25). The van der Waals surface area contributed by atoms with E-state index in [9.17, 15) is 4.79 Å². The highest BCUT2D eigenvalue weighted by Gasteiger charge is 2.16. The van der Waals surface area contributed by atoms with Gasteiger partial charge in [-0.05, 0) is 42.3 Å². The molecule has 26 heavy (non-hydrogen) atoms. The van der Waals surface area contributed by atoms with Gasteiger partial charge >= 0.3 is 0 Å². The first-order chi connectivity index (χ1) is 12.7. The number of ether oxygens (including phenoxy) is 1. The van der Waals surface area contributed by atoms with Gasteiger partial charge in [-0.25, -0.2) is 0 Å². The maximum absolute atomic E-state index is 12.4. The highest BCUT2D eigenvalue weighted by molar-refractivity contribution is 5.94. The van der Waals surface area contributed by atoms with Gasteiger partial charge in [0, 0.05) is 5.69 Å². The molecule has 128 valence electrons. The lowest BCUT2D eigenvalue weighted by Crippen LogP contribution is -2.30. The van der Waals surface area contributed by atoms with Crippen molar-refractivity contribution in [2.45, 2.75) is 13.0 Å². The molecule has 1 atom stereocenters. The maximum atomic E-state index is 12.4. The molecule has 1 N–H and O–H groups in total. The number of rotatable bonds is 5. The largest absolute Gasteiger partial charge is 0.480 e. The monoisotopic (exact) mass is 342 g/mol. The zero-order valence-corrected chi connectivity index (χ0v) is 14.3. The van der Waals surface area contributed by atoms with Gasteiger partial charge in [-0.1, -0.05) is 54.6 Å². The summed E-state index contributed by atoms with van der Waals surface area (Å²) in [5.41, 5.74) is 3.30. The third-order valence-electron chi connectivity index (χ3n) is 3.94. The van der Waals surface area contributed by atoms with Crippen LogP contribution in [0.1, 0.15) is 12.5 Å². The number of carbonyl (C=O) groups excluding carboxylic acids is 1. The fraction of sp³-hybridized carbons (Fsp3) is 0.0909. The molecule has 0 spiro atoms. The van der Waals surface area contributed by atoms with Crippen LogP contribution in [0.5, 0.6) is 5.75 Å². The van der Waals surface area contributed by atoms with Crippen LogP contribution in [0.2, 0.25) is 0 Å². The van der Waals surface area contributed by atoms with E-state index >= 15 is 0 Å². The SMILES string of the molecule is CC(Oc1ccccc1C#N)C(=O)Nc1ccc(-c2ccccc2)cc1. The second-order valence-corrected chi connectivity index (χ2v) is 5.80. The van der Waals surface area contributed by atoms with E-state index in [0.717, 1.165) is 11.1 Å². The Bertz CT molecular complexity index is 928. The predicted molar refractivity (Wildman–Crippen MR) is 102 cm³/mol. The molecular weight excluding hydrogens is 324 g/mol. The average molecular weight is 342 g/mol. The molecule has 1 amide bonds. The van der Waals surface area contributed by atoms with Crippen LogP contribution in [0.4, 0.5) is 5.69 Å². The molecule has 3 aromatic rings. The molecule has 0 aromatic heterocycles. The van der Waals surface area contributed by atoms with Gasteiger partial charge in [0.25, 0.3) is 5.91 Å². The summed E-state index contributed by atoms with van der Waals surface area (Å²) < 4.78 is 5.63. The normalized spacial score (nSPS) is 11.2. The van der Waals surface area contributed by atoms with Gasteiger partial charge in [0.05, 0.1) is 5.56 Å². The topological polar surface area (TPSA) is 62.1 Å². The van der Waals surface area contributed by atoms with Crippen LogP contribution in [0.15, 0.2) is 78.9 Å². The van der Waals surface area contributed by atoms with Crippen molar-refractivity contribution in [2.24, 2.45) is 0 Å². The molecule has 0 aliphatic carbocycles. The lowest BCUT2D eigenvalue weighted by molar-refractivity contribution is -0.122. The van der Waals surface area contributed by atoms with E-state index in [1.54, 1.807) is 31.2 Å². The van der Waals surface area contributed by atoms with E-state index in [1.807, 2.05) is 54.6 Å². The van der Waals surface area contributed by atoms with E-state index in [4.69, 9.17) is 10.00 Å². The second kappa shape index (κ2) is 8.00. The molecule has 3 aromatic carbocycles. The first-order valence-corrected chi connectivity index (χ1v) is 8.29. The lowest BCUT2D eigenvalue weighted by atomic mass is 10.1. The van der Waals surface area contributed by atoms with Gasteiger partial charge in [0.15, 0.2) is 6.10 Å². The Morgan fingerprint density at radius 1 is 0.923 bits per heavy atom. The molecule has 4 heteroatoms. The number of carbonyl (C=O) groups is 1. The summed E-state index contributed by atoms with van der Waals surface area (Å²) in [6, 6.07) is 26.6. The van der Waals surface area contributed by atoms with Crippen LogP contribution in [0.3, 0.4) is 0 Å². The van der Waals surface area contributed by atoms with E-state index in [0.29, 0.717) is 17.0 Å². The van der Waals surface area contributed by atoms with Gasteiger partial charge in [-0.3, -0.25) is 4.79 Å². The number of nitrogens with one attached hydrogen (secondary N) is 1. The summed E-state index contributed by atoms with van der Waals surface area (Å²) in [6.07, 6.45) is -0.724. The van der Waals surface area contributed by atoms with Crippen molar-refractivity contribution in [3.05, 3.63) is 84.4 Å². The highest BCUT2D eigenvalue weighted by Crippen LogP contribution is 2.22. The van der Waals surface area contributed by atoms with E-state index in [-0.39, 0.29) is 5.91 Å². The molecule has 0 bridgehead atoms. The Balaban J connectivity index is 1.65. The van der Waals surface area contributed by atoms with Crippen LogP contribution in [0, 0.1) is 11.3 Å². The highest BCUT2D eigenvalue weighted by atomic mass is 16.5. The van der Waals surface area contributed by atoms with E-state index < -0.39 is 6.10 Å². The molecule has 0 aliphatic rings. The zero-order valence-electron chi connectivity index (χ0n) is 14.3. The Morgan fingerprint density at radius 3 is 2.23 bits per heavy atom. The summed E-state index contributed by atoms with van der Waals surface area (Å²) in [6.45, 7) is 1.65. The van der Waals surface area contributed by atoms with Gasteiger partial charge in [-0.2, -0.15) is 5.26 Å². The number of hydrogen-bond acceptors (Lipinski definition) is 3. The number of amides is 1. The lowest BCUT2D eigenvalue weighted by Gasteiger charge is -2.15. The summed E-state index contributed by atoms with van der Waals surface area (Å²) in [5, 5.41) is 11.9. The molecule has 1 unspecified atom stereocenters. The van der Waals surface area contributed by atoms with Crippen LogP contribution in [-0.2, 0) is 4.79 Å². The number of para-hydroxylation sites is 1. The smallest absolute Gasteiger partial charge is 0.265 e. The fourth-order valence-corrected chi connectivity index (χ4v) is 2.53. The molecular formula is C22H18N2O2. The van der Waals surface area contributed by atoms with Gasteiger partial charge in [0.2, 0.25) is 0 Å². The molecule has 0 radical (unpaired) electrons. The summed E-state index contributed by atoms with van der Waals surface area (Å²) in [7, 11) is 0. The molecule has 0 saturated heterocycles. The van der Waals surface area contributed by atoms with E-state index in [1.165, 1.54) is 0 Å². The summed E-state index contributed by atoms with van der Waals surface area (Å²) in [5.74, 6) is 0.127. The average Bonchev–Trinajstić information content (AvgIpc) is 2.69. The third kappa shape index (κ3) is 4.08. The van der Waals surface area contributed by atoms with Crippen molar-refractivity contribution in [2.75, 3.05) is 5.32 Å². The zero-order chi connectivity index (χ0) is 18.4. The third-order valence-corrected chi connectivity index (χ3v) is 3.94. The van der Waals surface area contributed by atoms with Crippen molar-refractivity contribution in [1.29, 1.82) is 5.26 Å². The molecule has 0 fully saturated rings. The predicted octanol–water partition coefficient (Wildman–Crippen LogP) is 4.63. The Kier molecular flexibility index (Phi) is 5.31. The number of nitriles is 1. The number of anilines is 1. The molecule has 3 rings (SSSR count). The van der Waals surface area contributed by atoms with Crippen molar-refractivity contribution in [1.82, 2.24) is 0 Å². The first-order valence-electron chi connectivity index (χ1n) is 8.29. The Morgan fingerprint density at radius 2 is 1.54 bits per heavy atom. The van der Waals surface area contributed by atoms with Crippen LogP contribution < -0.4 is 10.1 Å². The Hall–Kier alpha value is -3.58. The van der Waals surface area contributed by atoms with Crippen molar-refractivity contribution in [3.63, 3.8) is 0 Å². The quantitative estimate of drug-likeness (QED) is 0.735. The van der Waals surface area contributed by atoms with Crippen molar-refractivity contribution in [3.8, 4) is 22.9 Å². The second-order valence-electron chi connectivity index (χ2n) is 5.80. The number of hydrogen-bond donors (Lipinski definition) is 1. The van der Waals surface area contributed by atoms with Crippen LogP contribution in [-0.4, -0.2) is 12.0 Å². The molecule has 0 saturated carbocycles. The maximum Gasteiger partial charge on any atom is 0.265 e. The van der Waals surface area contributed by atoms with Gasteiger partial charge in [-0.15, -0.1) is 0 Å². The molecule has 0 heterocycles. The van der Waals surface area contributed by atoms with Crippen LogP contribution in [0.25, 0.3) is 11.1 Å². The number of nitrogens with zero attached hydrogens (tertiary/aromatic N) is 1. The van der Waals surface area contributed by atoms with Gasteiger partial charge in [0.1, 0.15) is 11.8 Å². The fourth-order valence-electron chi connectivity index (χ4n) is 2.53. The van der Waals surface area contributed by atoms with Crippen LogP contribution >= 0.6 is 0 Å². The number of benzene rings is 3. The minimum absolute atomic E-state index is 0.273. The first kappa shape index (κ1) is 17.2. The minimum atomic E-state index is -0.724. The van der Waals surface area contributed by atoms with E-state index in [2.05, 4.69) is 11.4 Å². The summed E-state index contributed by atoms with van der Waals surface area (Å²) in [4.78, 5) is 12.4. The molecule has 4 nitrogen and oxygen atoms in total. The minimum Gasteiger partial charge on any atom is -0.480 e. The molecule has 0 aliphatic heterocycles. The van der Waals surface area contributed by atoms with Crippen molar-refractivity contribution < 1.29 is 9.53 Å². The van der Waals surface area contributed by atoms with Crippen molar-refractivity contribution >= 4 is 11.6 Å². The summed E-state index contributed by atoms with van der Waals surface area (Å²) >= 11 is 0. The van der Waals surface area contributed by atoms with Gasteiger partial charge < -0.3 is 10.1 Å². The Labute approximate surface area is 152 Å².